The van der Waals surface area contributed by atoms with Gasteiger partial charge in [-0.2, -0.15) is 4.98 Å². The van der Waals surface area contributed by atoms with Crippen LogP contribution < -0.4 is 5.32 Å². The van der Waals surface area contributed by atoms with Crippen LogP contribution in [-0.2, 0) is 6.54 Å². The lowest BCUT2D eigenvalue weighted by atomic mass is 10.2. The molecule has 2 heterocycles. The van der Waals surface area contributed by atoms with Gasteiger partial charge in [0.25, 0.3) is 0 Å². The Morgan fingerprint density at radius 2 is 2.13 bits per heavy atom. The average Bonchev–Trinajstić information content (AvgIpc) is 2.70. The second-order valence-electron chi connectivity index (χ2n) is 3.44. The Labute approximate surface area is 87.5 Å². The van der Waals surface area contributed by atoms with E-state index in [0.717, 1.165) is 17.1 Å². The Balaban J connectivity index is 2.01. The van der Waals surface area contributed by atoms with Crippen molar-refractivity contribution >= 4 is 6.01 Å². The number of anilines is 1. The van der Waals surface area contributed by atoms with Crippen molar-refractivity contribution < 1.29 is 8.94 Å². The minimum atomic E-state index is 0.436. The van der Waals surface area contributed by atoms with Crippen molar-refractivity contribution in [1.29, 1.82) is 0 Å². The van der Waals surface area contributed by atoms with Gasteiger partial charge in [-0.15, -0.1) is 0 Å². The fourth-order valence-corrected chi connectivity index (χ4v) is 1.40. The molecule has 2 aromatic rings. The van der Waals surface area contributed by atoms with Crippen molar-refractivity contribution in [2.75, 3.05) is 5.32 Å². The normalized spacial score (nSPS) is 10.6. The molecule has 2 rings (SSSR count). The lowest BCUT2D eigenvalue weighted by Crippen LogP contribution is -1.99. The highest BCUT2D eigenvalue weighted by atomic mass is 16.5. The molecule has 80 valence electrons. The van der Waals surface area contributed by atoms with Crippen LogP contribution in [0.25, 0.3) is 0 Å². The summed E-state index contributed by atoms with van der Waals surface area (Å²) in [5.74, 6) is 2.44. The average molecular weight is 207 g/mol. The van der Waals surface area contributed by atoms with Crippen molar-refractivity contribution in [3.63, 3.8) is 0 Å². The zero-order valence-electron chi connectivity index (χ0n) is 9.00. The molecule has 15 heavy (non-hydrogen) atoms. The Morgan fingerprint density at radius 1 is 1.33 bits per heavy atom. The van der Waals surface area contributed by atoms with Gasteiger partial charge in [0, 0.05) is 12.1 Å². The minimum absolute atomic E-state index is 0.436. The van der Waals surface area contributed by atoms with Crippen molar-refractivity contribution in [3.8, 4) is 0 Å². The first kappa shape index (κ1) is 9.76. The first-order valence-electron chi connectivity index (χ1n) is 4.75. The molecule has 0 radical (unpaired) electrons. The van der Waals surface area contributed by atoms with Gasteiger partial charge in [-0.25, -0.2) is 0 Å². The van der Waals surface area contributed by atoms with Gasteiger partial charge in [-0.1, -0.05) is 5.16 Å². The maximum Gasteiger partial charge on any atom is 0.321 e. The molecule has 0 fully saturated rings. The molecule has 0 saturated heterocycles. The summed E-state index contributed by atoms with van der Waals surface area (Å²) in [7, 11) is 0. The van der Waals surface area contributed by atoms with Crippen molar-refractivity contribution in [2.45, 2.75) is 27.3 Å². The number of nitrogens with zero attached hydrogens (tertiary/aromatic N) is 2. The third kappa shape index (κ3) is 2.18. The monoisotopic (exact) mass is 207 g/mol. The molecule has 0 atom stereocenters. The molecular weight excluding hydrogens is 194 g/mol. The molecule has 0 aliphatic carbocycles. The summed E-state index contributed by atoms with van der Waals surface area (Å²) >= 11 is 0. The van der Waals surface area contributed by atoms with Gasteiger partial charge >= 0.3 is 6.01 Å². The maximum atomic E-state index is 5.40. The zero-order chi connectivity index (χ0) is 10.8. The van der Waals surface area contributed by atoms with Crippen LogP contribution in [0.1, 0.15) is 22.9 Å². The molecule has 0 unspecified atom stereocenters. The topological polar surface area (TPSA) is 64.1 Å². The van der Waals surface area contributed by atoms with E-state index in [9.17, 15) is 0 Å². The standard InChI is InChI=1S/C10H13N3O2/c1-6-4-9(7(2)14-6)5-11-10-12-8(3)13-15-10/h4H,5H2,1-3H3,(H,11,12,13). The van der Waals surface area contributed by atoms with E-state index in [4.69, 9.17) is 8.94 Å². The Bertz CT molecular complexity index is 459. The molecule has 0 amide bonds. The molecule has 1 N–H and O–H groups in total. The largest absolute Gasteiger partial charge is 0.466 e. The third-order valence-corrected chi connectivity index (χ3v) is 2.10. The van der Waals surface area contributed by atoms with Crippen LogP contribution in [-0.4, -0.2) is 10.1 Å². The molecular formula is C10H13N3O2. The number of aryl methyl sites for hydroxylation is 3. The summed E-state index contributed by atoms with van der Waals surface area (Å²) in [6.07, 6.45) is 0. The van der Waals surface area contributed by atoms with Gasteiger partial charge in [0.2, 0.25) is 0 Å². The lowest BCUT2D eigenvalue weighted by molar-refractivity contribution is 0.425. The highest BCUT2D eigenvalue weighted by molar-refractivity contribution is 5.26. The van der Waals surface area contributed by atoms with E-state index in [2.05, 4.69) is 15.5 Å². The fraction of sp³-hybridized carbons (Fsp3) is 0.400. The zero-order valence-corrected chi connectivity index (χ0v) is 9.00. The van der Waals surface area contributed by atoms with Gasteiger partial charge in [0.15, 0.2) is 5.82 Å². The molecule has 0 spiro atoms. The number of rotatable bonds is 3. The third-order valence-electron chi connectivity index (χ3n) is 2.10. The van der Waals surface area contributed by atoms with E-state index in [1.165, 1.54) is 0 Å². The van der Waals surface area contributed by atoms with Crippen LogP contribution in [0.3, 0.4) is 0 Å². The highest BCUT2D eigenvalue weighted by Gasteiger charge is 2.06. The predicted octanol–water partition coefficient (Wildman–Crippen LogP) is 2.20. The van der Waals surface area contributed by atoms with Crippen LogP contribution in [0.15, 0.2) is 15.0 Å². The van der Waals surface area contributed by atoms with Crippen molar-refractivity contribution in [3.05, 3.63) is 29.0 Å². The van der Waals surface area contributed by atoms with E-state index in [1.807, 2.05) is 19.9 Å². The molecule has 0 aliphatic heterocycles. The molecule has 5 nitrogen and oxygen atoms in total. The Morgan fingerprint density at radius 3 is 2.67 bits per heavy atom. The summed E-state index contributed by atoms with van der Waals surface area (Å²) in [6, 6.07) is 2.43. The van der Waals surface area contributed by atoms with Crippen LogP contribution in [0.2, 0.25) is 0 Å². The number of furan rings is 1. The van der Waals surface area contributed by atoms with Crippen LogP contribution >= 0.6 is 0 Å². The summed E-state index contributed by atoms with van der Waals surface area (Å²) in [5, 5.41) is 6.72. The van der Waals surface area contributed by atoms with Crippen molar-refractivity contribution in [1.82, 2.24) is 10.1 Å². The lowest BCUT2D eigenvalue weighted by Gasteiger charge is -1.98. The second-order valence-corrected chi connectivity index (χ2v) is 3.44. The van der Waals surface area contributed by atoms with Crippen LogP contribution in [0.5, 0.6) is 0 Å². The van der Waals surface area contributed by atoms with E-state index in [0.29, 0.717) is 18.4 Å². The van der Waals surface area contributed by atoms with Gasteiger partial charge in [-0.05, 0) is 26.8 Å². The summed E-state index contributed by atoms with van der Waals surface area (Å²) in [4.78, 5) is 4.04. The van der Waals surface area contributed by atoms with E-state index < -0.39 is 0 Å². The number of hydrogen-bond donors (Lipinski definition) is 1. The van der Waals surface area contributed by atoms with Crippen LogP contribution in [0, 0.1) is 20.8 Å². The Hall–Kier alpha value is -1.78. The molecule has 2 aromatic heterocycles. The maximum absolute atomic E-state index is 5.40. The van der Waals surface area contributed by atoms with Crippen LogP contribution in [0.4, 0.5) is 6.01 Å². The Kier molecular flexibility index (Phi) is 2.45. The summed E-state index contributed by atoms with van der Waals surface area (Å²) in [6.45, 7) is 6.27. The molecule has 0 saturated carbocycles. The molecule has 5 heteroatoms. The van der Waals surface area contributed by atoms with Crippen molar-refractivity contribution in [2.24, 2.45) is 0 Å². The SMILES string of the molecule is Cc1noc(NCc2cc(C)oc2C)n1. The van der Waals surface area contributed by atoms with Gasteiger partial charge < -0.3 is 14.3 Å². The van der Waals surface area contributed by atoms with E-state index in [1.54, 1.807) is 6.92 Å². The number of nitrogens with one attached hydrogen (secondary N) is 1. The molecule has 0 bridgehead atoms. The van der Waals surface area contributed by atoms with Gasteiger partial charge in [-0.3, -0.25) is 0 Å². The predicted molar refractivity (Wildman–Crippen MR) is 54.5 cm³/mol. The van der Waals surface area contributed by atoms with E-state index >= 15 is 0 Å². The van der Waals surface area contributed by atoms with Gasteiger partial charge in [0.05, 0.1) is 0 Å². The molecule has 0 aliphatic rings. The van der Waals surface area contributed by atoms with E-state index in [-0.39, 0.29) is 0 Å². The minimum Gasteiger partial charge on any atom is -0.466 e. The molecule has 0 aromatic carbocycles. The number of aromatic nitrogens is 2. The first-order chi connectivity index (χ1) is 7.15. The van der Waals surface area contributed by atoms with Gasteiger partial charge in [0.1, 0.15) is 11.5 Å². The first-order valence-corrected chi connectivity index (χ1v) is 4.75. The highest BCUT2D eigenvalue weighted by Crippen LogP contribution is 2.15. The quantitative estimate of drug-likeness (QED) is 0.835. The fourth-order valence-electron chi connectivity index (χ4n) is 1.40. The smallest absolute Gasteiger partial charge is 0.321 e. The summed E-state index contributed by atoms with van der Waals surface area (Å²) < 4.78 is 10.3. The number of hydrogen-bond acceptors (Lipinski definition) is 5. The summed E-state index contributed by atoms with van der Waals surface area (Å²) in [5.41, 5.74) is 1.10. The second kappa shape index (κ2) is 3.76.